The van der Waals surface area contributed by atoms with Gasteiger partial charge in [0.2, 0.25) is 16.0 Å². The number of sulfonamides is 1. The van der Waals surface area contributed by atoms with Gasteiger partial charge < -0.3 is 10.4 Å². The molecule has 0 spiro atoms. The summed E-state index contributed by atoms with van der Waals surface area (Å²) in [7, 11) is -3.57. The summed E-state index contributed by atoms with van der Waals surface area (Å²) in [6.45, 7) is 5.04. The first kappa shape index (κ1) is 15.1. The van der Waals surface area contributed by atoms with Gasteiger partial charge in [0.25, 0.3) is 0 Å². The van der Waals surface area contributed by atoms with Crippen LogP contribution in [0.5, 0.6) is 0 Å². The van der Waals surface area contributed by atoms with Crippen LogP contribution in [0.15, 0.2) is 17.3 Å². The van der Waals surface area contributed by atoms with E-state index in [1.54, 1.807) is 6.92 Å². The second-order valence-electron chi connectivity index (χ2n) is 4.93. The maximum Gasteiger partial charge on any atom is 0.246 e. The van der Waals surface area contributed by atoms with E-state index in [2.05, 4.69) is 15.3 Å². The van der Waals surface area contributed by atoms with Crippen LogP contribution >= 0.6 is 0 Å². The number of anilines is 1. The standard InChI is InChI=1S/C12H20N4O3S/c1-3-13-12-14-6-11(7-15-12)20(18,19)16-5-4-10(8-16)9(2)17/h6-7,9-10,17H,3-5,8H2,1-2H3,(H,13,14,15). The number of nitrogens with one attached hydrogen (secondary N) is 1. The van der Waals surface area contributed by atoms with Gasteiger partial charge in [-0.1, -0.05) is 0 Å². The Morgan fingerprint density at radius 2 is 2.15 bits per heavy atom. The monoisotopic (exact) mass is 300 g/mol. The van der Waals surface area contributed by atoms with Crippen molar-refractivity contribution in [1.29, 1.82) is 0 Å². The van der Waals surface area contributed by atoms with E-state index in [1.165, 1.54) is 16.7 Å². The fraction of sp³-hybridized carbons (Fsp3) is 0.667. The lowest BCUT2D eigenvalue weighted by molar-refractivity contribution is 0.133. The van der Waals surface area contributed by atoms with Crippen molar-refractivity contribution >= 4 is 16.0 Å². The summed E-state index contributed by atoms with van der Waals surface area (Å²) >= 11 is 0. The molecule has 1 saturated heterocycles. The number of nitrogens with zero attached hydrogens (tertiary/aromatic N) is 3. The molecule has 1 aliphatic heterocycles. The number of hydrogen-bond donors (Lipinski definition) is 2. The highest BCUT2D eigenvalue weighted by atomic mass is 32.2. The molecule has 0 saturated carbocycles. The lowest BCUT2D eigenvalue weighted by atomic mass is 10.0. The molecule has 0 aliphatic carbocycles. The van der Waals surface area contributed by atoms with Crippen molar-refractivity contribution in [2.24, 2.45) is 5.92 Å². The average molecular weight is 300 g/mol. The van der Waals surface area contributed by atoms with E-state index >= 15 is 0 Å². The molecule has 1 aromatic heterocycles. The molecule has 0 radical (unpaired) electrons. The van der Waals surface area contributed by atoms with Gasteiger partial charge in [-0.3, -0.25) is 0 Å². The van der Waals surface area contributed by atoms with Gasteiger partial charge in [-0.2, -0.15) is 4.31 Å². The minimum atomic E-state index is -3.57. The van der Waals surface area contributed by atoms with Crippen LogP contribution in [0.2, 0.25) is 0 Å². The van der Waals surface area contributed by atoms with Crippen LogP contribution < -0.4 is 5.32 Å². The minimum absolute atomic E-state index is 0.00766. The van der Waals surface area contributed by atoms with Crippen molar-refractivity contribution in [2.45, 2.75) is 31.3 Å². The minimum Gasteiger partial charge on any atom is -0.393 e. The largest absolute Gasteiger partial charge is 0.393 e. The van der Waals surface area contributed by atoms with E-state index < -0.39 is 16.1 Å². The van der Waals surface area contributed by atoms with E-state index in [1.807, 2.05) is 6.92 Å². The summed E-state index contributed by atoms with van der Waals surface area (Å²) in [4.78, 5) is 8.05. The molecular weight excluding hydrogens is 280 g/mol. The van der Waals surface area contributed by atoms with Crippen molar-refractivity contribution in [1.82, 2.24) is 14.3 Å². The summed E-state index contributed by atoms with van der Waals surface area (Å²) in [5, 5.41) is 12.5. The maximum atomic E-state index is 12.4. The van der Waals surface area contributed by atoms with E-state index in [-0.39, 0.29) is 10.8 Å². The van der Waals surface area contributed by atoms with Gasteiger partial charge in [-0.25, -0.2) is 18.4 Å². The summed E-state index contributed by atoms with van der Waals surface area (Å²) in [5.74, 6) is 0.404. The SMILES string of the molecule is CCNc1ncc(S(=O)(=O)N2CCC(C(C)O)C2)cn1. The number of aliphatic hydroxyl groups excluding tert-OH is 1. The molecule has 0 amide bonds. The molecule has 1 aromatic rings. The van der Waals surface area contributed by atoms with Crippen LogP contribution in [-0.4, -0.2) is 53.5 Å². The number of aliphatic hydroxyl groups is 1. The van der Waals surface area contributed by atoms with Gasteiger partial charge >= 0.3 is 0 Å². The summed E-state index contributed by atoms with van der Waals surface area (Å²) in [6, 6.07) is 0. The summed E-state index contributed by atoms with van der Waals surface area (Å²) in [6.07, 6.45) is 2.81. The van der Waals surface area contributed by atoms with E-state index in [4.69, 9.17) is 0 Å². The van der Waals surface area contributed by atoms with Crippen LogP contribution in [0, 0.1) is 5.92 Å². The van der Waals surface area contributed by atoms with Crippen LogP contribution in [0.1, 0.15) is 20.3 Å². The first-order valence-electron chi connectivity index (χ1n) is 6.69. The zero-order chi connectivity index (χ0) is 14.8. The number of rotatable bonds is 5. The second-order valence-corrected chi connectivity index (χ2v) is 6.86. The topological polar surface area (TPSA) is 95.4 Å². The molecular formula is C12H20N4O3S. The van der Waals surface area contributed by atoms with Gasteiger partial charge in [0, 0.05) is 19.6 Å². The smallest absolute Gasteiger partial charge is 0.246 e. The molecule has 0 bridgehead atoms. The quantitative estimate of drug-likeness (QED) is 0.812. The van der Waals surface area contributed by atoms with Gasteiger partial charge in [0.15, 0.2) is 0 Å². The molecule has 2 heterocycles. The third-order valence-electron chi connectivity index (χ3n) is 3.47. The Labute approximate surface area is 119 Å². The van der Waals surface area contributed by atoms with Gasteiger partial charge in [0.05, 0.1) is 18.5 Å². The Morgan fingerprint density at radius 1 is 1.50 bits per heavy atom. The highest BCUT2D eigenvalue weighted by molar-refractivity contribution is 7.89. The Bertz CT molecular complexity index is 544. The lowest BCUT2D eigenvalue weighted by Crippen LogP contribution is -2.30. The van der Waals surface area contributed by atoms with Crippen LogP contribution in [0.25, 0.3) is 0 Å². The Morgan fingerprint density at radius 3 is 2.65 bits per heavy atom. The Balaban J connectivity index is 2.14. The molecule has 2 rings (SSSR count). The molecule has 2 atom stereocenters. The molecule has 7 nitrogen and oxygen atoms in total. The molecule has 1 fully saturated rings. The fourth-order valence-electron chi connectivity index (χ4n) is 2.21. The normalized spacial score (nSPS) is 21.9. The number of aromatic nitrogens is 2. The fourth-order valence-corrected chi connectivity index (χ4v) is 3.62. The van der Waals surface area contributed by atoms with Crippen molar-refractivity contribution in [3.05, 3.63) is 12.4 Å². The maximum absolute atomic E-state index is 12.4. The first-order chi connectivity index (χ1) is 9.45. The Kier molecular flexibility index (Phi) is 4.56. The molecule has 2 N–H and O–H groups in total. The third kappa shape index (κ3) is 3.08. The van der Waals surface area contributed by atoms with Gasteiger partial charge in [-0.15, -0.1) is 0 Å². The highest BCUT2D eigenvalue weighted by Gasteiger charge is 2.34. The van der Waals surface area contributed by atoms with Crippen LogP contribution in [-0.2, 0) is 10.0 Å². The lowest BCUT2D eigenvalue weighted by Gasteiger charge is -2.17. The zero-order valence-electron chi connectivity index (χ0n) is 11.7. The third-order valence-corrected chi connectivity index (χ3v) is 5.29. The van der Waals surface area contributed by atoms with E-state index in [9.17, 15) is 13.5 Å². The summed E-state index contributed by atoms with van der Waals surface area (Å²) < 4.78 is 26.2. The second kappa shape index (κ2) is 6.02. The average Bonchev–Trinajstić information content (AvgIpc) is 2.90. The molecule has 20 heavy (non-hydrogen) atoms. The van der Waals surface area contributed by atoms with Crippen molar-refractivity contribution < 1.29 is 13.5 Å². The summed E-state index contributed by atoms with van der Waals surface area (Å²) in [5.41, 5.74) is 0. The Hall–Kier alpha value is -1.25. The van der Waals surface area contributed by atoms with Crippen molar-refractivity contribution in [3.63, 3.8) is 0 Å². The first-order valence-corrected chi connectivity index (χ1v) is 8.13. The van der Waals surface area contributed by atoms with Crippen LogP contribution in [0.4, 0.5) is 5.95 Å². The van der Waals surface area contributed by atoms with Gasteiger partial charge in [-0.05, 0) is 26.2 Å². The van der Waals surface area contributed by atoms with Crippen LogP contribution in [0.3, 0.4) is 0 Å². The molecule has 1 aliphatic rings. The van der Waals surface area contributed by atoms with Gasteiger partial charge in [0.1, 0.15) is 4.90 Å². The van der Waals surface area contributed by atoms with E-state index in [0.29, 0.717) is 32.0 Å². The molecule has 8 heteroatoms. The van der Waals surface area contributed by atoms with Crippen molar-refractivity contribution in [3.8, 4) is 0 Å². The predicted molar refractivity (Wildman–Crippen MR) is 74.7 cm³/mol. The molecule has 112 valence electrons. The van der Waals surface area contributed by atoms with E-state index in [0.717, 1.165) is 0 Å². The van der Waals surface area contributed by atoms with Crippen molar-refractivity contribution in [2.75, 3.05) is 25.0 Å². The predicted octanol–water partition coefficient (Wildman–Crippen LogP) is 0.300. The zero-order valence-corrected chi connectivity index (χ0v) is 12.5. The molecule has 0 aromatic carbocycles. The number of hydrogen-bond acceptors (Lipinski definition) is 6. The molecule has 2 unspecified atom stereocenters. The highest BCUT2D eigenvalue weighted by Crippen LogP contribution is 2.25.